The van der Waals surface area contributed by atoms with Gasteiger partial charge >= 0.3 is 0 Å². The second-order valence-electron chi connectivity index (χ2n) is 33.8. The van der Waals surface area contributed by atoms with E-state index in [-0.39, 0.29) is 63.2 Å². The first-order valence-corrected chi connectivity index (χ1v) is 37.5. The highest BCUT2D eigenvalue weighted by Gasteiger charge is 2.34. The molecule has 5 aromatic carbocycles. The molecule has 2 N–H and O–H groups in total. The Bertz CT molecular complexity index is 3340. The van der Waals surface area contributed by atoms with Gasteiger partial charge in [0.15, 0.2) is 0 Å². The van der Waals surface area contributed by atoms with Crippen LogP contribution in [0.3, 0.4) is 0 Å². The van der Waals surface area contributed by atoms with Gasteiger partial charge in [-0.2, -0.15) is 0 Å². The molecule has 5 fully saturated rings. The molecule has 0 spiro atoms. The summed E-state index contributed by atoms with van der Waals surface area (Å²) in [6.45, 7) is 58.1. The van der Waals surface area contributed by atoms with Crippen LogP contribution in [0.1, 0.15) is 154 Å². The monoisotopic (exact) mass is 1420 g/mol. The van der Waals surface area contributed by atoms with Crippen molar-refractivity contribution < 1.29 is 34.2 Å². The summed E-state index contributed by atoms with van der Waals surface area (Å²) in [7, 11) is 0. The van der Waals surface area contributed by atoms with E-state index in [2.05, 4.69) is 105 Å². The van der Waals surface area contributed by atoms with Crippen molar-refractivity contribution >= 4 is 41.1 Å². The van der Waals surface area contributed by atoms with Crippen molar-refractivity contribution in [2.75, 3.05) is 131 Å². The van der Waals surface area contributed by atoms with Crippen molar-refractivity contribution in [1.29, 1.82) is 0 Å². The number of phenols is 1. The predicted octanol–water partition coefficient (Wildman–Crippen LogP) is 12.7. The summed E-state index contributed by atoms with van der Waals surface area (Å²) in [5.41, 5.74) is 9.53. The predicted molar refractivity (Wildman–Crippen MR) is 416 cm³/mol. The minimum absolute atomic E-state index is 0.0850. The van der Waals surface area contributed by atoms with Crippen LogP contribution in [0.4, 0.5) is 0 Å². The molecule has 10 rings (SSSR count). The van der Waals surface area contributed by atoms with Crippen molar-refractivity contribution in [1.82, 2.24) is 49.0 Å². The molecule has 102 heavy (non-hydrogen) atoms. The fraction of sp³-hybridized carbons (Fsp3) is 0.583. The first-order chi connectivity index (χ1) is 47.7. The number of hydrogen-bond acceptors (Lipinski definition) is 12. The number of rotatable bonds is 11. The quantitative estimate of drug-likeness (QED) is 0.129. The smallest absolute Gasteiger partial charge is 0.228 e. The summed E-state index contributed by atoms with van der Waals surface area (Å²) in [6, 6.07) is 39.1. The molecule has 0 aliphatic carbocycles. The molecule has 5 aromatic rings. The van der Waals surface area contributed by atoms with E-state index in [9.17, 15) is 34.2 Å². The summed E-state index contributed by atoms with van der Waals surface area (Å²) >= 11 is 6.18. The fourth-order valence-corrected chi connectivity index (χ4v) is 13.0. The summed E-state index contributed by atoms with van der Waals surface area (Å²) < 4.78 is 0. The van der Waals surface area contributed by atoms with Crippen LogP contribution in [0.15, 0.2) is 115 Å². The minimum Gasteiger partial charge on any atom is -0.508 e. The van der Waals surface area contributed by atoms with Crippen LogP contribution in [0.2, 0.25) is 5.02 Å². The van der Waals surface area contributed by atoms with Gasteiger partial charge in [0, 0.05) is 196 Å². The Hall–Kier alpha value is -6.70. The molecule has 18 heteroatoms. The normalized spacial score (nSPS) is 17.2. The number of carbonyl (C=O) groups excluding carboxylic acids is 5. The van der Waals surface area contributed by atoms with Gasteiger partial charge in [0.25, 0.3) is 0 Å². The second kappa shape index (κ2) is 38.4. The van der Waals surface area contributed by atoms with Crippen molar-refractivity contribution in [3.05, 3.63) is 170 Å². The average molecular weight is 1420 g/mol. The maximum atomic E-state index is 12.3. The number of aliphatic hydroxyl groups excluding tert-OH is 1. The largest absolute Gasteiger partial charge is 0.508 e. The Kier molecular flexibility index (Phi) is 31.7. The number of aliphatic hydroxyl groups is 1. The molecule has 5 amide bonds. The first kappa shape index (κ1) is 84.2. The highest BCUT2D eigenvalue weighted by atomic mass is 35.5. The van der Waals surface area contributed by atoms with Crippen LogP contribution < -0.4 is 0 Å². The molecule has 0 atom stereocenters. The molecule has 0 unspecified atom stereocenters. The van der Waals surface area contributed by atoms with Gasteiger partial charge in [-0.25, -0.2) is 0 Å². The molecule has 0 aromatic heterocycles. The third kappa shape index (κ3) is 28.1. The van der Waals surface area contributed by atoms with Crippen molar-refractivity contribution in [3.8, 4) is 5.75 Å². The second-order valence-corrected chi connectivity index (χ2v) is 34.2. The number of nitrogens with zero attached hydrogens (tertiary/aromatic N) is 10. The molecular formula is C84H127ClN10O7. The van der Waals surface area contributed by atoms with Gasteiger partial charge in [-0.05, 0) is 77.9 Å². The van der Waals surface area contributed by atoms with E-state index < -0.39 is 0 Å². The van der Waals surface area contributed by atoms with Gasteiger partial charge in [0.2, 0.25) is 29.5 Å². The Labute approximate surface area is 619 Å². The summed E-state index contributed by atoms with van der Waals surface area (Å²) in [5.74, 6) is 1.57. The number of aryl methyl sites for hydroxylation is 3. The Morgan fingerprint density at radius 3 is 0.804 bits per heavy atom. The maximum Gasteiger partial charge on any atom is 0.228 e. The zero-order chi connectivity index (χ0) is 75.3. The van der Waals surface area contributed by atoms with Gasteiger partial charge in [-0.15, -0.1) is 0 Å². The number of amides is 5. The number of halogens is 1. The molecule has 17 nitrogen and oxygen atoms in total. The summed E-state index contributed by atoms with van der Waals surface area (Å²) in [4.78, 5) is 83.0. The topological polar surface area (TPSA) is 158 Å². The fourth-order valence-electron chi connectivity index (χ4n) is 12.8. The van der Waals surface area contributed by atoms with Crippen molar-refractivity contribution in [2.24, 2.45) is 27.1 Å². The molecule has 0 bridgehead atoms. The van der Waals surface area contributed by atoms with Crippen LogP contribution >= 0.6 is 11.6 Å². The van der Waals surface area contributed by atoms with E-state index in [0.29, 0.717) is 5.75 Å². The Morgan fingerprint density at radius 1 is 0.314 bits per heavy atom. The molecule has 5 aliphatic heterocycles. The number of hydrogen-bond donors (Lipinski definition) is 2. The van der Waals surface area contributed by atoms with Crippen LogP contribution in [-0.4, -0.2) is 220 Å². The highest BCUT2D eigenvalue weighted by Crippen LogP contribution is 2.26. The summed E-state index contributed by atoms with van der Waals surface area (Å²) in [5, 5.41) is 19.5. The zero-order valence-electron chi connectivity index (χ0n) is 65.6. The Balaban J connectivity index is 0.000000200. The van der Waals surface area contributed by atoms with Gasteiger partial charge in [0.1, 0.15) is 5.75 Å². The van der Waals surface area contributed by atoms with E-state index >= 15 is 0 Å². The van der Waals surface area contributed by atoms with Crippen LogP contribution in [0.5, 0.6) is 5.75 Å². The van der Waals surface area contributed by atoms with E-state index in [1.807, 2.05) is 172 Å². The van der Waals surface area contributed by atoms with Gasteiger partial charge < -0.3 is 34.7 Å². The lowest BCUT2D eigenvalue weighted by Gasteiger charge is -2.37. The molecule has 5 saturated heterocycles. The molecule has 562 valence electrons. The number of carbonyl (C=O) groups is 5. The van der Waals surface area contributed by atoms with Gasteiger partial charge in [-0.1, -0.05) is 224 Å². The first-order valence-electron chi connectivity index (χ1n) is 37.2. The molecule has 5 heterocycles. The van der Waals surface area contributed by atoms with Gasteiger partial charge in [-0.3, -0.25) is 48.5 Å². The standard InChI is InChI=1S/C17H25ClN2O.C17H26N2O2.2C17H26N2O.C16H24N2O2/c1-13-5-6-14(11-15(13)18)12-19-7-9-20(10-8-19)16(21)17(2,3)4;1-17(2,3)16(21)19-9-7-18(8-10-19)12-14-5-4-6-15(11-14)13-20;2*1-14-5-7-15(8-6-14)13-18-9-11-19(12-10-18)16(20)17(2,3)4;1-16(2,3)15(20)18-9-7-17(8-10-18)12-13-5-4-6-14(19)11-13/h5-6,11H,7-10,12H2,1-4H3;4-6,11,20H,7-10,12-13H2,1-3H3;2*5-8H,9-13H2,1-4H3;4-6,11,19H,7-10,12H2,1-3H3. The third-order valence-electron chi connectivity index (χ3n) is 19.1. The van der Waals surface area contributed by atoms with Crippen molar-refractivity contribution in [3.63, 3.8) is 0 Å². The lowest BCUT2D eigenvalue weighted by molar-refractivity contribution is -0.142. The van der Waals surface area contributed by atoms with E-state index in [1.54, 1.807) is 12.1 Å². The average Bonchev–Trinajstić information content (AvgIpc) is 0.859. The summed E-state index contributed by atoms with van der Waals surface area (Å²) in [6.07, 6.45) is 0. The number of phenolic OH excluding ortho intramolecular Hbond substituents is 1. The third-order valence-corrected chi connectivity index (χ3v) is 19.5. The molecule has 0 radical (unpaired) electrons. The maximum absolute atomic E-state index is 12.3. The van der Waals surface area contributed by atoms with Crippen LogP contribution in [0, 0.1) is 47.8 Å². The van der Waals surface area contributed by atoms with E-state index in [4.69, 9.17) is 11.6 Å². The van der Waals surface area contributed by atoms with E-state index in [0.717, 1.165) is 185 Å². The lowest BCUT2D eigenvalue weighted by Crippen LogP contribution is -2.51. The molecular weight excluding hydrogens is 1300 g/mol. The SMILES string of the molecule is CC(C)(C)C(=O)N1CCN(Cc2cccc(CO)c2)CC1.CC(C)(C)C(=O)N1CCN(Cc2cccc(O)c2)CC1.Cc1ccc(CN2CCN(C(=O)C(C)(C)C)CC2)cc1.Cc1ccc(CN2CCN(C(=O)C(C)(C)C)CC2)cc1.Cc1ccc(CN2CCN(C(=O)C(C)(C)C)CC2)cc1Cl. The van der Waals surface area contributed by atoms with Crippen LogP contribution in [-0.2, 0) is 63.3 Å². The van der Waals surface area contributed by atoms with Crippen molar-refractivity contribution in [2.45, 2.75) is 164 Å². The molecule has 0 saturated carbocycles. The highest BCUT2D eigenvalue weighted by molar-refractivity contribution is 6.31. The number of benzene rings is 5. The number of piperazine rings is 5. The van der Waals surface area contributed by atoms with Crippen LogP contribution in [0.25, 0.3) is 0 Å². The van der Waals surface area contributed by atoms with E-state index in [1.165, 1.54) is 33.4 Å². The Morgan fingerprint density at radius 2 is 0.549 bits per heavy atom. The van der Waals surface area contributed by atoms with Gasteiger partial charge in [0.05, 0.1) is 6.61 Å². The number of aromatic hydroxyl groups is 1. The minimum atomic E-state index is -0.298. The zero-order valence-corrected chi connectivity index (χ0v) is 66.4. The molecule has 5 aliphatic rings. The lowest BCUT2D eigenvalue weighted by atomic mass is 9.94.